The van der Waals surface area contributed by atoms with Crippen LogP contribution in [0.4, 0.5) is 5.69 Å². The molecule has 0 aliphatic carbocycles. The summed E-state index contributed by atoms with van der Waals surface area (Å²) in [4.78, 5) is 26.9. The number of hydrogen-bond acceptors (Lipinski definition) is 5. The number of carbonyl (C=O) groups excluding carboxylic acids is 1. The van der Waals surface area contributed by atoms with E-state index in [0.29, 0.717) is 23.9 Å². The van der Waals surface area contributed by atoms with E-state index in [2.05, 4.69) is 10.3 Å². The van der Waals surface area contributed by atoms with Crippen LogP contribution in [0.2, 0.25) is 0 Å². The number of rotatable bonds is 9. The Morgan fingerprint density at radius 1 is 1.28 bits per heavy atom. The van der Waals surface area contributed by atoms with Crippen LogP contribution in [-0.4, -0.2) is 30.4 Å². The molecule has 1 aromatic heterocycles. The van der Waals surface area contributed by atoms with Gasteiger partial charge in [0.05, 0.1) is 19.5 Å². The Balaban J connectivity index is 1.78. The first-order valence-corrected chi connectivity index (χ1v) is 9.14. The highest BCUT2D eigenvalue weighted by atomic mass is 32.2. The molecule has 7 heteroatoms. The van der Waals surface area contributed by atoms with Crippen LogP contribution in [0.3, 0.4) is 0 Å². The normalized spacial score (nSPS) is 10.3. The zero-order valence-electron chi connectivity index (χ0n) is 14.3. The van der Waals surface area contributed by atoms with E-state index in [-0.39, 0.29) is 11.3 Å². The third-order valence-electron chi connectivity index (χ3n) is 3.26. The number of anilines is 1. The molecule has 1 heterocycles. The number of benzene rings is 1. The van der Waals surface area contributed by atoms with Gasteiger partial charge in [-0.25, -0.2) is 0 Å². The van der Waals surface area contributed by atoms with Crippen LogP contribution in [-0.2, 0) is 10.5 Å². The average Bonchev–Trinajstić information content (AvgIpc) is 2.61. The van der Waals surface area contributed by atoms with Gasteiger partial charge in [-0.05, 0) is 30.7 Å². The number of H-pyrrole nitrogens is 1. The first kappa shape index (κ1) is 18.9. The average molecular weight is 362 g/mol. The van der Waals surface area contributed by atoms with Crippen LogP contribution in [0.5, 0.6) is 11.5 Å². The molecular weight excluding hydrogens is 340 g/mol. The van der Waals surface area contributed by atoms with Crippen molar-refractivity contribution in [3.05, 3.63) is 52.4 Å². The second kappa shape index (κ2) is 9.78. The molecule has 0 radical (unpaired) electrons. The van der Waals surface area contributed by atoms with Gasteiger partial charge in [-0.15, -0.1) is 11.8 Å². The minimum Gasteiger partial charge on any atom is -0.497 e. The fourth-order valence-electron chi connectivity index (χ4n) is 2.03. The zero-order chi connectivity index (χ0) is 18.1. The summed E-state index contributed by atoms with van der Waals surface area (Å²) in [5.41, 5.74) is 1.33. The van der Waals surface area contributed by atoms with Crippen molar-refractivity contribution in [3.8, 4) is 11.5 Å². The third kappa shape index (κ3) is 6.19. The molecule has 0 fully saturated rings. The van der Waals surface area contributed by atoms with E-state index >= 15 is 0 Å². The van der Waals surface area contributed by atoms with E-state index in [9.17, 15) is 9.59 Å². The quantitative estimate of drug-likeness (QED) is 0.717. The first-order valence-electron chi connectivity index (χ1n) is 7.98. The number of hydrogen-bond donors (Lipinski definition) is 2. The van der Waals surface area contributed by atoms with Gasteiger partial charge in [0.25, 0.3) is 0 Å². The van der Waals surface area contributed by atoms with Crippen LogP contribution < -0.4 is 20.2 Å². The van der Waals surface area contributed by atoms with Crippen LogP contribution in [0.25, 0.3) is 0 Å². The molecule has 0 aliphatic heterocycles. The summed E-state index contributed by atoms with van der Waals surface area (Å²) in [6.45, 7) is 2.50. The number of methoxy groups -OCH3 is 1. The number of pyridine rings is 1. The van der Waals surface area contributed by atoms with Gasteiger partial charge in [0.1, 0.15) is 5.75 Å². The molecular formula is C18H22N2O4S. The minimum atomic E-state index is -0.148. The van der Waals surface area contributed by atoms with Gasteiger partial charge in [0.15, 0.2) is 5.75 Å². The van der Waals surface area contributed by atoms with Crippen LogP contribution in [0, 0.1) is 0 Å². The van der Waals surface area contributed by atoms with E-state index in [1.807, 2.05) is 6.92 Å². The molecule has 25 heavy (non-hydrogen) atoms. The van der Waals surface area contributed by atoms with Gasteiger partial charge >= 0.3 is 0 Å². The lowest BCUT2D eigenvalue weighted by molar-refractivity contribution is -0.113. The fraction of sp³-hybridized carbons (Fsp3) is 0.333. The Morgan fingerprint density at radius 3 is 2.68 bits per heavy atom. The molecule has 2 rings (SSSR count). The number of amides is 1. The fourth-order valence-corrected chi connectivity index (χ4v) is 2.78. The third-order valence-corrected chi connectivity index (χ3v) is 4.24. The Bertz CT molecular complexity index is 743. The summed E-state index contributed by atoms with van der Waals surface area (Å²) in [6, 6.07) is 8.66. The molecule has 6 nitrogen and oxygen atoms in total. The SMILES string of the molecule is CCCOc1c[nH]c(CSCC(=O)Nc2ccc(OC)cc2)cc1=O. The lowest BCUT2D eigenvalue weighted by Gasteiger charge is -2.07. The van der Waals surface area contributed by atoms with Crippen LogP contribution in [0.1, 0.15) is 19.0 Å². The van der Waals surface area contributed by atoms with Crippen molar-refractivity contribution >= 4 is 23.4 Å². The number of nitrogens with one attached hydrogen (secondary N) is 2. The topological polar surface area (TPSA) is 80.4 Å². The number of ether oxygens (including phenoxy) is 2. The maximum absolute atomic E-state index is 11.9. The van der Waals surface area contributed by atoms with E-state index < -0.39 is 0 Å². The number of aromatic nitrogens is 1. The van der Waals surface area contributed by atoms with E-state index in [4.69, 9.17) is 9.47 Å². The summed E-state index contributed by atoms with van der Waals surface area (Å²) in [7, 11) is 1.59. The second-order valence-electron chi connectivity index (χ2n) is 5.30. The molecule has 2 N–H and O–H groups in total. The molecule has 0 spiro atoms. The van der Waals surface area contributed by atoms with Gasteiger partial charge in [-0.3, -0.25) is 9.59 Å². The number of carbonyl (C=O) groups is 1. The predicted molar refractivity (Wildman–Crippen MR) is 101 cm³/mol. The Morgan fingerprint density at radius 2 is 2.04 bits per heavy atom. The van der Waals surface area contributed by atoms with Crippen LogP contribution in [0.15, 0.2) is 41.3 Å². The van der Waals surface area contributed by atoms with Gasteiger partial charge in [-0.2, -0.15) is 0 Å². The summed E-state index contributed by atoms with van der Waals surface area (Å²) in [6.07, 6.45) is 2.42. The van der Waals surface area contributed by atoms with Crippen molar-refractivity contribution in [1.82, 2.24) is 4.98 Å². The van der Waals surface area contributed by atoms with Crippen molar-refractivity contribution in [1.29, 1.82) is 0 Å². The summed E-state index contributed by atoms with van der Waals surface area (Å²) in [5.74, 6) is 1.80. The minimum absolute atomic E-state index is 0.0968. The monoisotopic (exact) mass is 362 g/mol. The molecule has 0 saturated carbocycles. The first-order chi connectivity index (χ1) is 12.1. The van der Waals surface area contributed by atoms with Gasteiger partial charge < -0.3 is 19.8 Å². The second-order valence-corrected chi connectivity index (χ2v) is 6.29. The lowest BCUT2D eigenvalue weighted by atomic mass is 10.3. The van der Waals surface area contributed by atoms with Gasteiger partial charge in [0, 0.05) is 29.4 Å². The van der Waals surface area contributed by atoms with E-state index in [1.54, 1.807) is 37.6 Å². The van der Waals surface area contributed by atoms with E-state index in [0.717, 1.165) is 23.6 Å². The molecule has 0 aliphatic rings. The summed E-state index contributed by atoms with van der Waals surface area (Å²) in [5, 5.41) is 2.82. The van der Waals surface area contributed by atoms with Gasteiger partial charge in [0.2, 0.25) is 11.3 Å². The largest absolute Gasteiger partial charge is 0.497 e. The van der Waals surface area contributed by atoms with Crippen molar-refractivity contribution in [2.45, 2.75) is 19.1 Å². The van der Waals surface area contributed by atoms with Crippen molar-refractivity contribution in [3.63, 3.8) is 0 Å². The van der Waals surface area contributed by atoms with Gasteiger partial charge in [-0.1, -0.05) is 6.92 Å². The van der Waals surface area contributed by atoms with Crippen molar-refractivity contribution in [2.75, 3.05) is 24.8 Å². The smallest absolute Gasteiger partial charge is 0.234 e. The molecule has 1 aromatic carbocycles. The molecule has 0 saturated heterocycles. The number of aromatic amines is 1. The molecule has 0 unspecified atom stereocenters. The van der Waals surface area contributed by atoms with Crippen LogP contribution >= 0.6 is 11.8 Å². The molecule has 134 valence electrons. The predicted octanol–water partition coefficient (Wildman–Crippen LogP) is 3.04. The maximum atomic E-state index is 11.9. The Hall–Kier alpha value is -2.41. The maximum Gasteiger partial charge on any atom is 0.234 e. The summed E-state index contributed by atoms with van der Waals surface area (Å²) >= 11 is 1.43. The highest BCUT2D eigenvalue weighted by Gasteiger charge is 2.06. The highest BCUT2D eigenvalue weighted by Crippen LogP contribution is 2.16. The van der Waals surface area contributed by atoms with Crippen molar-refractivity contribution in [2.24, 2.45) is 0 Å². The molecule has 0 atom stereocenters. The molecule has 1 amide bonds. The molecule has 0 bridgehead atoms. The number of thioether (sulfide) groups is 1. The Kier molecular flexibility index (Phi) is 7.40. The zero-order valence-corrected chi connectivity index (χ0v) is 15.2. The lowest BCUT2D eigenvalue weighted by Crippen LogP contribution is -2.14. The standard InChI is InChI=1S/C18H22N2O4S/c1-3-8-24-17-10-19-14(9-16(17)21)11-25-12-18(22)20-13-4-6-15(23-2)7-5-13/h4-7,9-10H,3,8,11-12H2,1-2H3,(H,19,21)(H,20,22). The molecule has 2 aromatic rings. The Labute approximate surface area is 150 Å². The van der Waals surface area contributed by atoms with Crippen molar-refractivity contribution < 1.29 is 14.3 Å². The highest BCUT2D eigenvalue weighted by molar-refractivity contribution is 7.99. The van der Waals surface area contributed by atoms with E-state index in [1.165, 1.54) is 17.8 Å². The summed E-state index contributed by atoms with van der Waals surface area (Å²) < 4.78 is 10.4.